The van der Waals surface area contributed by atoms with Crippen molar-refractivity contribution >= 4 is 27.6 Å². The molecule has 2 aromatic rings. The number of benzene rings is 2. The first kappa shape index (κ1) is 20.4. The summed E-state index contributed by atoms with van der Waals surface area (Å²) in [6, 6.07) is 15.7. The zero-order valence-electron chi connectivity index (χ0n) is 15.6. The molecular weight excluding hydrogens is 390 g/mol. The van der Waals surface area contributed by atoms with E-state index in [9.17, 15) is 9.59 Å². The minimum Gasteiger partial charge on any atom is -0.356 e. The molecule has 0 spiro atoms. The van der Waals surface area contributed by atoms with Crippen LogP contribution in [0.1, 0.15) is 48.2 Å². The SMILES string of the molecule is Cc1ccc(C(=O)CCC(=O)NCC(C)(C)Cc2ccc(Br)cc2)cc1. The molecule has 0 atom stereocenters. The van der Waals surface area contributed by atoms with Crippen LogP contribution in [0, 0.1) is 12.3 Å². The van der Waals surface area contributed by atoms with Gasteiger partial charge in [0.05, 0.1) is 0 Å². The molecule has 0 aromatic heterocycles. The summed E-state index contributed by atoms with van der Waals surface area (Å²) in [5.74, 6) is -0.0661. The average molecular weight is 416 g/mol. The summed E-state index contributed by atoms with van der Waals surface area (Å²) < 4.78 is 1.06. The van der Waals surface area contributed by atoms with Crippen LogP contribution in [0.4, 0.5) is 0 Å². The van der Waals surface area contributed by atoms with E-state index in [0.717, 1.165) is 16.5 Å². The van der Waals surface area contributed by atoms with Crippen molar-refractivity contribution in [2.45, 2.75) is 40.0 Å². The lowest BCUT2D eigenvalue weighted by molar-refractivity contribution is -0.121. The predicted octanol–water partition coefficient (Wildman–Crippen LogP) is 5.11. The van der Waals surface area contributed by atoms with Crippen LogP contribution in [0.5, 0.6) is 0 Å². The average Bonchev–Trinajstić information content (AvgIpc) is 2.60. The molecule has 0 aliphatic carbocycles. The first-order valence-electron chi connectivity index (χ1n) is 8.86. The van der Waals surface area contributed by atoms with E-state index in [4.69, 9.17) is 0 Å². The summed E-state index contributed by atoms with van der Waals surface area (Å²) in [4.78, 5) is 24.3. The Morgan fingerprint density at radius 3 is 2.19 bits per heavy atom. The van der Waals surface area contributed by atoms with E-state index in [0.29, 0.717) is 12.1 Å². The van der Waals surface area contributed by atoms with Crippen LogP contribution in [0.25, 0.3) is 0 Å². The molecule has 0 radical (unpaired) electrons. The van der Waals surface area contributed by atoms with Gasteiger partial charge in [-0.25, -0.2) is 0 Å². The first-order chi connectivity index (χ1) is 12.2. The van der Waals surface area contributed by atoms with Crippen LogP contribution in [-0.2, 0) is 11.2 Å². The van der Waals surface area contributed by atoms with Gasteiger partial charge in [0.25, 0.3) is 0 Å². The second-order valence-corrected chi connectivity index (χ2v) is 8.45. The molecule has 0 heterocycles. The Morgan fingerprint density at radius 1 is 0.962 bits per heavy atom. The van der Waals surface area contributed by atoms with Gasteiger partial charge in [0.1, 0.15) is 0 Å². The van der Waals surface area contributed by atoms with Gasteiger partial charge in [0.2, 0.25) is 5.91 Å². The Labute approximate surface area is 164 Å². The van der Waals surface area contributed by atoms with Crippen LogP contribution >= 0.6 is 15.9 Å². The number of hydrogen-bond acceptors (Lipinski definition) is 2. The van der Waals surface area contributed by atoms with Crippen molar-refractivity contribution in [3.63, 3.8) is 0 Å². The lowest BCUT2D eigenvalue weighted by atomic mass is 9.85. The third-order valence-electron chi connectivity index (χ3n) is 4.31. The Hall–Kier alpha value is -1.94. The van der Waals surface area contributed by atoms with Crippen molar-refractivity contribution in [3.05, 3.63) is 69.7 Å². The number of ketones is 1. The molecule has 26 heavy (non-hydrogen) atoms. The standard InChI is InChI=1S/C22H26BrNO2/c1-16-4-8-18(9-5-16)20(25)12-13-21(26)24-15-22(2,3)14-17-6-10-19(23)11-7-17/h4-11H,12-15H2,1-3H3,(H,24,26). The topological polar surface area (TPSA) is 46.2 Å². The molecule has 0 unspecified atom stereocenters. The third-order valence-corrected chi connectivity index (χ3v) is 4.84. The summed E-state index contributed by atoms with van der Waals surface area (Å²) in [5, 5.41) is 2.97. The number of carbonyl (C=O) groups is 2. The van der Waals surface area contributed by atoms with Crippen LogP contribution in [0.3, 0.4) is 0 Å². The van der Waals surface area contributed by atoms with E-state index in [1.807, 2.05) is 43.3 Å². The Bertz CT molecular complexity index is 749. The second-order valence-electron chi connectivity index (χ2n) is 7.53. The number of hydrogen-bond donors (Lipinski definition) is 1. The molecule has 3 nitrogen and oxygen atoms in total. The highest BCUT2D eigenvalue weighted by atomic mass is 79.9. The molecule has 0 saturated carbocycles. The Balaban J connectivity index is 1.77. The first-order valence-corrected chi connectivity index (χ1v) is 9.65. The smallest absolute Gasteiger partial charge is 0.220 e. The zero-order chi connectivity index (χ0) is 19.2. The van der Waals surface area contributed by atoms with Gasteiger partial charge in [-0.1, -0.05) is 71.7 Å². The molecule has 2 aromatic carbocycles. The fourth-order valence-electron chi connectivity index (χ4n) is 2.75. The maximum absolute atomic E-state index is 12.1. The number of halogens is 1. The highest BCUT2D eigenvalue weighted by Gasteiger charge is 2.20. The van der Waals surface area contributed by atoms with Crippen LogP contribution in [-0.4, -0.2) is 18.2 Å². The largest absolute Gasteiger partial charge is 0.356 e. The summed E-state index contributed by atoms with van der Waals surface area (Å²) in [6.07, 6.45) is 1.34. The van der Waals surface area contributed by atoms with Crippen molar-refractivity contribution in [2.24, 2.45) is 5.41 Å². The normalized spacial score (nSPS) is 11.2. The number of nitrogens with one attached hydrogen (secondary N) is 1. The van der Waals surface area contributed by atoms with Gasteiger partial charge in [-0.15, -0.1) is 0 Å². The minimum absolute atomic E-state index is 0.00859. The van der Waals surface area contributed by atoms with Crippen LogP contribution in [0.2, 0.25) is 0 Å². The molecule has 0 bridgehead atoms. The van der Waals surface area contributed by atoms with Crippen molar-refractivity contribution in [1.82, 2.24) is 5.32 Å². The minimum atomic E-state index is -0.0747. The highest BCUT2D eigenvalue weighted by molar-refractivity contribution is 9.10. The van der Waals surface area contributed by atoms with E-state index >= 15 is 0 Å². The summed E-state index contributed by atoms with van der Waals surface area (Å²) >= 11 is 3.44. The van der Waals surface area contributed by atoms with Gasteiger partial charge in [0, 0.05) is 29.4 Å². The van der Waals surface area contributed by atoms with Gasteiger partial charge in [0.15, 0.2) is 5.78 Å². The van der Waals surface area contributed by atoms with Crippen molar-refractivity contribution in [2.75, 3.05) is 6.54 Å². The van der Waals surface area contributed by atoms with Gasteiger partial charge >= 0.3 is 0 Å². The number of carbonyl (C=O) groups excluding carboxylic acids is 2. The molecule has 1 N–H and O–H groups in total. The maximum atomic E-state index is 12.1. The van der Waals surface area contributed by atoms with Gasteiger partial charge < -0.3 is 5.32 Å². The van der Waals surface area contributed by atoms with E-state index in [-0.39, 0.29) is 29.9 Å². The second kappa shape index (κ2) is 9.13. The zero-order valence-corrected chi connectivity index (χ0v) is 17.2. The monoisotopic (exact) mass is 415 g/mol. The molecule has 1 amide bonds. The quantitative estimate of drug-likeness (QED) is 0.609. The van der Waals surface area contributed by atoms with Crippen LogP contribution < -0.4 is 5.32 Å². The molecule has 0 aliphatic heterocycles. The van der Waals surface area contributed by atoms with Crippen molar-refractivity contribution in [3.8, 4) is 0 Å². The van der Waals surface area contributed by atoms with Gasteiger partial charge in [-0.2, -0.15) is 0 Å². The molecule has 4 heteroatoms. The maximum Gasteiger partial charge on any atom is 0.220 e. The fraction of sp³-hybridized carbons (Fsp3) is 0.364. The summed E-state index contributed by atoms with van der Waals surface area (Å²) in [6.45, 7) is 6.83. The highest BCUT2D eigenvalue weighted by Crippen LogP contribution is 2.22. The lowest BCUT2D eigenvalue weighted by Crippen LogP contribution is -2.35. The number of rotatable bonds is 8. The van der Waals surface area contributed by atoms with Crippen molar-refractivity contribution < 1.29 is 9.59 Å². The van der Waals surface area contributed by atoms with E-state index in [2.05, 4.69) is 47.2 Å². The number of amides is 1. The lowest BCUT2D eigenvalue weighted by Gasteiger charge is -2.25. The van der Waals surface area contributed by atoms with E-state index in [1.54, 1.807) is 0 Å². The molecule has 0 aliphatic rings. The fourth-order valence-corrected chi connectivity index (χ4v) is 3.02. The molecule has 0 saturated heterocycles. The van der Waals surface area contributed by atoms with Crippen LogP contribution in [0.15, 0.2) is 53.0 Å². The van der Waals surface area contributed by atoms with Gasteiger partial charge in [-0.05, 0) is 36.5 Å². The Kier molecular flexibility index (Phi) is 7.15. The summed E-state index contributed by atoms with van der Waals surface area (Å²) in [7, 11) is 0. The third kappa shape index (κ3) is 6.75. The Morgan fingerprint density at radius 2 is 1.58 bits per heavy atom. The number of Topliss-reactive ketones (excluding diaryl/α,β-unsaturated/α-hetero) is 1. The predicted molar refractivity (Wildman–Crippen MR) is 109 cm³/mol. The molecule has 138 valence electrons. The van der Waals surface area contributed by atoms with E-state index in [1.165, 1.54) is 5.56 Å². The van der Waals surface area contributed by atoms with Crippen molar-refractivity contribution in [1.29, 1.82) is 0 Å². The molecule has 0 fully saturated rings. The summed E-state index contributed by atoms with van der Waals surface area (Å²) in [5.41, 5.74) is 2.97. The van der Waals surface area contributed by atoms with Gasteiger partial charge in [-0.3, -0.25) is 9.59 Å². The molecular formula is C22H26BrNO2. The van der Waals surface area contributed by atoms with E-state index < -0.39 is 0 Å². The molecule has 2 rings (SSSR count). The number of aryl methyl sites for hydroxylation is 1.